The molecule has 0 spiro atoms. The van der Waals surface area contributed by atoms with Crippen LogP contribution in [0.4, 0.5) is 0 Å². The topological polar surface area (TPSA) is 26.0 Å². The Morgan fingerprint density at radius 1 is 1.11 bits per heavy atom. The van der Waals surface area contributed by atoms with Crippen molar-refractivity contribution in [1.29, 1.82) is 0 Å². The Morgan fingerprint density at radius 3 is 2.21 bits per heavy atom. The summed E-state index contributed by atoms with van der Waals surface area (Å²) in [5, 5.41) is 0. The number of nitrogens with two attached hydrogens (primary N) is 1. The molecule has 0 atom stereocenters. The van der Waals surface area contributed by atoms with Crippen LogP contribution in [0.5, 0.6) is 0 Å². The first-order chi connectivity index (χ1) is 9.00. The Labute approximate surface area is 118 Å². The lowest BCUT2D eigenvalue weighted by Crippen LogP contribution is -2.45. The van der Waals surface area contributed by atoms with E-state index in [1.165, 1.54) is 55.2 Å². The van der Waals surface area contributed by atoms with Crippen LogP contribution in [-0.4, -0.2) is 5.54 Å². The minimum Gasteiger partial charge on any atom is -0.325 e. The fraction of sp³-hybridized carbons (Fsp3) is 0.667. The molecule has 1 aromatic rings. The summed E-state index contributed by atoms with van der Waals surface area (Å²) in [7, 11) is 0. The van der Waals surface area contributed by atoms with E-state index in [2.05, 4.69) is 39.0 Å². The smallest absolute Gasteiger partial charge is 0.0195 e. The summed E-state index contributed by atoms with van der Waals surface area (Å²) in [6.45, 7) is 6.65. The SMILES string of the molecule is CCCC1CCC(N)(Cc2cc(C)cc(C)c2)CC1. The van der Waals surface area contributed by atoms with Crippen LogP contribution in [0.3, 0.4) is 0 Å². The van der Waals surface area contributed by atoms with Gasteiger partial charge in [-0.15, -0.1) is 0 Å². The van der Waals surface area contributed by atoms with Gasteiger partial charge in [0.05, 0.1) is 0 Å². The van der Waals surface area contributed by atoms with Crippen molar-refractivity contribution >= 4 is 0 Å². The molecule has 1 aromatic carbocycles. The normalized spacial score (nSPS) is 27.5. The van der Waals surface area contributed by atoms with Crippen LogP contribution in [0.15, 0.2) is 18.2 Å². The lowest BCUT2D eigenvalue weighted by atomic mass is 9.73. The zero-order valence-corrected chi connectivity index (χ0v) is 12.8. The second kappa shape index (κ2) is 6.09. The van der Waals surface area contributed by atoms with Gasteiger partial charge in [0.25, 0.3) is 0 Å². The number of hydrogen-bond donors (Lipinski definition) is 1. The number of rotatable bonds is 4. The molecule has 1 nitrogen and oxygen atoms in total. The summed E-state index contributed by atoms with van der Waals surface area (Å²) in [5.74, 6) is 0.931. The largest absolute Gasteiger partial charge is 0.325 e. The Bertz CT molecular complexity index is 393. The fourth-order valence-electron chi connectivity index (χ4n) is 3.70. The van der Waals surface area contributed by atoms with Gasteiger partial charge in [-0.1, -0.05) is 49.1 Å². The number of benzene rings is 1. The zero-order chi connectivity index (χ0) is 13.9. The third-order valence-corrected chi connectivity index (χ3v) is 4.64. The third kappa shape index (κ3) is 4.07. The van der Waals surface area contributed by atoms with Gasteiger partial charge in [-0.3, -0.25) is 0 Å². The van der Waals surface area contributed by atoms with Gasteiger partial charge in [-0.05, 0) is 57.4 Å². The van der Waals surface area contributed by atoms with Crippen molar-refractivity contribution in [2.75, 3.05) is 0 Å². The van der Waals surface area contributed by atoms with E-state index in [0.717, 1.165) is 12.3 Å². The molecule has 0 saturated heterocycles. The maximum absolute atomic E-state index is 6.65. The molecule has 0 unspecified atom stereocenters. The molecule has 106 valence electrons. The maximum atomic E-state index is 6.65. The first-order valence-electron chi connectivity index (χ1n) is 7.87. The van der Waals surface area contributed by atoms with E-state index in [1.54, 1.807) is 0 Å². The highest BCUT2D eigenvalue weighted by Gasteiger charge is 2.31. The second-order valence-corrected chi connectivity index (χ2v) is 6.77. The Hall–Kier alpha value is -0.820. The van der Waals surface area contributed by atoms with Crippen LogP contribution in [0.25, 0.3) is 0 Å². The molecule has 0 aliphatic heterocycles. The van der Waals surface area contributed by atoms with Crippen molar-refractivity contribution in [2.45, 2.75) is 71.3 Å². The van der Waals surface area contributed by atoms with Crippen LogP contribution in [0.2, 0.25) is 0 Å². The first kappa shape index (κ1) is 14.6. The van der Waals surface area contributed by atoms with E-state index < -0.39 is 0 Å². The minimum atomic E-state index is 0.0461. The van der Waals surface area contributed by atoms with E-state index in [-0.39, 0.29) is 5.54 Å². The molecule has 2 rings (SSSR count). The van der Waals surface area contributed by atoms with Gasteiger partial charge in [0.15, 0.2) is 0 Å². The lowest BCUT2D eigenvalue weighted by Gasteiger charge is -2.37. The molecule has 1 heteroatoms. The standard InChI is InChI=1S/C18H29N/c1-4-5-16-6-8-18(19,9-7-16)13-17-11-14(2)10-15(3)12-17/h10-12,16H,4-9,13,19H2,1-3H3. The van der Waals surface area contributed by atoms with E-state index in [1.807, 2.05) is 0 Å². The molecular weight excluding hydrogens is 230 g/mol. The highest BCUT2D eigenvalue weighted by molar-refractivity contribution is 5.29. The quantitative estimate of drug-likeness (QED) is 0.844. The Kier molecular flexibility index (Phi) is 4.67. The average molecular weight is 259 g/mol. The van der Waals surface area contributed by atoms with Gasteiger partial charge >= 0.3 is 0 Å². The lowest BCUT2D eigenvalue weighted by molar-refractivity contribution is 0.223. The molecule has 0 amide bonds. The van der Waals surface area contributed by atoms with E-state index in [0.29, 0.717) is 0 Å². The highest BCUT2D eigenvalue weighted by atomic mass is 14.7. The molecule has 2 N–H and O–H groups in total. The summed E-state index contributed by atoms with van der Waals surface area (Å²) >= 11 is 0. The predicted molar refractivity (Wildman–Crippen MR) is 83.4 cm³/mol. The summed E-state index contributed by atoms with van der Waals surface area (Å²) in [5.41, 5.74) is 10.8. The van der Waals surface area contributed by atoms with Crippen LogP contribution < -0.4 is 5.73 Å². The van der Waals surface area contributed by atoms with Crippen LogP contribution in [0, 0.1) is 19.8 Å². The van der Waals surface area contributed by atoms with Crippen LogP contribution >= 0.6 is 0 Å². The van der Waals surface area contributed by atoms with Crippen LogP contribution in [0.1, 0.15) is 62.1 Å². The average Bonchev–Trinajstić information content (AvgIpc) is 2.31. The molecule has 0 radical (unpaired) electrons. The van der Waals surface area contributed by atoms with Gasteiger partial charge in [-0.25, -0.2) is 0 Å². The molecule has 0 bridgehead atoms. The van der Waals surface area contributed by atoms with Crippen molar-refractivity contribution < 1.29 is 0 Å². The fourth-order valence-corrected chi connectivity index (χ4v) is 3.70. The predicted octanol–water partition coefficient (Wildman–Crippen LogP) is 4.53. The first-order valence-corrected chi connectivity index (χ1v) is 7.87. The summed E-state index contributed by atoms with van der Waals surface area (Å²) in [6.07, 6.45) is 8.81. The Balaban J connectivity index is 1.98. The maximum Gasteiger partial charge on any atom is 0.0195 e. The van der Waals surface area contributed by atoms with E-state index >= 15 is 0 Å². The van der Waals surface area contributed by atoms with Crippen molar-refractivity contribution in [3.05, 3.63) is 34.9 Å². The minimum absolute atomic E-state index is 0.0461. The van der Waals surface area contributed by atoms with Crippen LogP contribution in [-0.2, 0) is 6.42 Å². The second-order valence-electron chi connectivity index (χ2n) is 6.77. The van der Waals surface area contributed by atoms with Crippen molar-refractivity contribution in [3.63, 3.8) is 0 Å². The molecule has 19 heavy (non-hydrogen) atoms. The Morgan fingerprint density at radius 2 is 1.68 bits per heavy atom. The van der Waals surface area contributed by atoms with Gasteiger partial charge in [0, 0.05) is 5.54 Å². The molecule has 1 aliphatic carbocycles. The number of aryl methyl sites for hydroxylation is 2. The summed E-state index contributed by atoms with van der Waals surface area (Å²) in [4.78, 5) is 0. The third-order valence-electron chi connectivity index (χ3n) is 4.64. The number of hydrogen-bond acceptors (Lipinski definition) is 1. The van der Waals surface area contributed by atoms with Gasteiger partial charge in [-0.2, -0.15) is 0 Å². The van der Waals surface area contributed by atoms with Crippen molar-refractivity contribution in [1.82, 2.24) is 0 Å². The van der Waals surface area contributed by atoms with Crippen molar-refractivity contribution in [3.8, 4) is 0 Å². The van der Waals surface area contributed by atoms with Crippen molar-refractivity contribution in [2.24, 2.45) is 11.7 Å². The zero-order valence-electron chi connectivity index (χ0n) is 12.8. The molecule has 0 aromatic heterocycles. The summed E-state index contributed by atoms with van der Waals surface area (Å²) < 4.78 is 0. The molecule has 0 heterocycles. The molecule has 1 aliphatic rings. The molecule has 1 saturated carbocycles. The van der Waals surface area contributed by atoms with Gasteiger partial charge < -0.3 is 5.73 Å². The van der Waals surface area contributed by atoms with Gasteiger partial charge in [0.1, 0.15) is 0 Å². The monoisotopic (exact) mass is 259 g/mol. The molecule has 1 fully saturated rings. The van der Waals surface area contributed by atoms with E-state index in [4.69, 9.17) is 5.73 Å². The summed E-state index contributed by atoms with van der Waals surface area (Å²) in [6, 6.07) is 6.85. The highest BCUT2D eigenvalue weighted by Crippen LogP contribution is 2.35. The van der Waals surface area contributed by atoms with E-state index in [9.17, 15) is 0 Å². The molecular formula is C18H29N. The van der Waals surface area contributed by atoms with Gasteiger partial charge in [0.2, 0.25) is 0 Å².